The predicted molar refractivity (Wildman–Crippen MR) is 113 cm³/mol. The Morgan fingerprint density at radius 1 is 1.14 bits per heavy atom. The molecule has 28 heavy (non-hydrogen) atoms. The Bertz CT molecular complexity index is 783. The smallest absolute Gasteiger partial charge is 0.270 e. The van der Waals surface area contributed by atoms with E-state index in [9.17, 15) is 4.79 Å². The number of hydrogen-bond donors (Lipinski definition) is 1. The molecule has 148 valence electrons. The zero-order valence-corrected chi connectivity index (χ0v) is 16.7. The number of hydrogen-bond acceptors (Lipinski definition) is 5. The molecule has 0 bridgehead atoms. The quantitative estimate of drug-likeness (QED) is 0.801. The number of rotatable bonds is 7. The lowest BCUT2D eigenvalue weighted by Gasteiger charge is -2.34. The van der Waals surface area contributed by atoms with Gasteiger partial charge in [0.25, 0.3) is 5.91 Å². The van der Waals surface area contributed by atoms with Crippen molar-refractivity contribution in [2.45, 2.75) is 13.8 Å². The summed E-state index contributed by atoms with van der Waals surface area (Å²) in [6.07, 6.45) is 6.04. The van der Waals surface area contributed by atoms with Gasteiger partial charge in [-0.1, -0.05) is 56.3 Å². The van der Waals surface area contributed by atoms with Gasteiger partial charge >= 0.3 is 0 Å². The third-order valence-corrected chi connectivity index (χ3v) is 4.67. The van der Waals surface area contributed by atoms with E-state index >= 15 is 0 Å². The number of carbonyl (C=O) groups is 1. The summed E-state index contributed by atoms with van der Waals surface area (Å²) in [4.78, 5) is 25.6. The molecule has 1 aromatic heterocycles. The van der Waals surface area contributed by atoms with Crippen LogP contribution in [0.5, 0.6) is 0 Å². The molecule has 6 heteroatoms. The normalized spacial score (nSPS) is 15.3. The summed E-state index contributed by atoms with van der Waals surface area (Å²) in [7, 11) is 0. The van der Waals surface area contributed by atoms with Gasteiger partial charge in [-0.25, -0.2) is 9.97 Å². The Morgan fingerprint density at radius 3 is 2.61 bits per heavy atom. The molecule has 6 nitrogen and oxygen atoms in total. The van der Waals surface area contributed by atoms with Crippen molar-refractivity contribution in [3.8, 4) is 0 Å². The second kappa shape index (κ2) is 9.99. The second-order valence-corrected chi connectivity index (χ2v) is 7.45. The number of piperazine rings is 1. The Kier molecular flexibility index (Phi) is 7.14. The Hall–Kier alpha value is -2.73. The van der Waals surface area contributed by atoms with Gasteiger partial charge in [0, 0.05) is 45.5 Å². The molecule has 0 unspecified atom stereocenters. The van der Waals surface area contributed by atoms with Crippen molar-refractivity contribution in [2.75, 3.05) is 44.2 Å². The van der Waals surface area contributed by atoms with E-state index in [1.165, 1.54) is 5.56 Å². The lowest BCUT2D eigenvalue weighted by Crippen LogP contribution is -2.47. The van der Waals surface area contributed by atoms with Crippen molar-refractivity contribution in [3.63, 3.8) is 0 Å². The minimum Gasteiger partial charge on any atom is -0.350 e. The molecule has 0 aliphatic carbocycles. The van der Waals surface area contributed by atoms with Crippen LogP contribution >= 0.6 is 0 Å². The largest absolute Gasteiger partial charge is 0.350 e. The van der Waals surface area contributed by atoms with Crippen molar-refractivity contribution >= 4 is 17.9 Å². The third kappa shape index (κ3) is 5.89. The second-order valence-electron chi connectivity index (χ2n) is 7.45. The van der Waals surface area contributed by atoms with Gasteiger partial charge in [0.15, 0.2) is 0 Å². The number of amides is 1. The van der Waals surface area contributed by atoms with Crippen LogP contribution in [-0.2, 0) is 0 Å². The topological polar surface area (TPSA) is 61.4 Å². The van der Waals surface area contributed by atoms with Crippen LogP contribution in [0.25, 0.3) is 6.08 Å². The van der Waals surface area contributed by atoms with E-state index in [4.69, 9.17) is 0 Å². The molecule has 1 N–H and O–H groups in total. The highest BCUT2D eigenvalue weighted by atomic mass is 16.1. The lowest BCUT2D eigenvalue weighted by atomic mass is 10.2. The molecule has 2 aromatic rings. The molecule has 1 saturated heterocycles. The number of aromatic nitrogens is 2. The molecular weight excluding hydrogens is 350 g/mol. The van der Waals surface area contributed by atoms with Gasteiger partial charge in [-0.2, -0.15) is 0 Å². The Balaban J connectivity index is 1.50. The first-order valence-corrected chi connectivity index (χ1v) is 9.92. The first-order chi connectivity index (χ1) is 13.6. The van der Waals surface area contributed by atoms with Crippen molar-refractivity contribution in [2.24, 2.45) is 5.92 Å². The molecule has 1 aliphatic heterocycles. The molecule has 1 amide bonds. The van der Waals surface area contributed by atoms with Gasteiger partial charge in [0.1, 0.15) is 5.69 Å². The SMILES string of the molecule is CC(C)CNC(=O)c1ccnc(N2CCN(C/C=C/c3ccccc3)CC2)n1. The fourth-order valence-electron chi connectivity index (χ4n) is 3.05. The highest BCUT2D eigenvalue weighted by Crippen LogP contribution is 2.12. The molecule has 0 saturated carbocycles. The van der Waals surface area contributed by atoms with Crippen LogP contribution in [0.1, 0.15) is 29.9 Å². The van der Waals surface area contributed by atoms with Crippen LogP contribution in [0.2, 0.25) is 0 Å². The van der Waals surface area contributed by atoms with Gasteiger partial charge in [0.2, 0.25) is 5.95 Å². The summed E-state index contributed by atoms with van der Waals surface area (Å²) < 4.78 is 0. The zero-order valence-electron chi connectivity index (χ0n) is 16.7. The summed E-state index contributed by atoms with van der Waals surface area (Å²) in [6, 6.07) is 12.0. The minimum atomic E-state index is -0.137. The summed E-state index contributed by atoms with van der Waals surface area (Å²) in [5.41, 5.74) is 1.65. The third-order valence-electron chi connectivity index (χ3n) is 4.67. The number of carbonyl (C=O) groups excluding carboxylic acids is 1. The molecule has 2 heterocycles. The highest BCUT2D eigenvalue weighted by Gasteiger charge is 2.19. The van der Waals surface area contributed by atoms with Crippen molar-refractivity contribution in [1.82, 2.24) is 20.2 Å². The fraction of sp³-hybridized carbons (Fsp3) is 0.409. The van der Waals surface area contributed by atoms with Crippen molar-refractivity contribution in [1.29, 1.82) is 0 Å². The fourth-order valence-corrected chi connectivity index (χ4v) is 3.05. The van der Waals surface area contributed by atoms with E-state index in [0.717, 1.165) is 32.7 Å². The van der Waals surface area contributed by atoms with Crippen LogP contribution in [0.15, 0.2) is 48.7 Å². The van der Waals surface area contributed by atoms with E-state index in [2.05, 4.69) is 75.3 Å². The molecule has 0 radical (unpaired) electrons. The molecule has 0 atom stereocenters. The molecular formula is C22H29N5O. The van der Waals surface area contributed by atoms with Crippen LogP contribution in [0.4, 0.5) is 5.95 Å². The van der Waals surface area contributed by atoms with Crippen LogP contribution in [-0.4, -0.2) is 60.0 Å². The van der Waals surface area contributed by atoms with Crippen LogP contribution in [0, 0.1) is 5.92 Å². The number of nitrogens with zero attached hydrogens (tertiary/aromatic N) is 4. The predicted octanol–water partition coefficient (Wildman–Crippen LogP) is 2.70. The molecule has 0 spiro atoms. The van der Waals surface area contributed by atoms with Crippen molar-refractivity contribution < 1.29 is 4.79 Å². The minimum absolute atomic E-state index is 0.137. The van der Waals surface area contributed by atoms with Gasteiger partial charge < -0.3 is 10.2 Å². The summed E-state index contributed by atoms with van der Waals surface area (Å²) in [5, 5.41) is 2.91. The van der Waals surface area contributed by atoms with E-state index < -0.39 is 0 Å². The van der Waals surface area contributed by atoms with E-state index in [0.29, 0.717) is 24.1 Å². The van der Waals surface area contributed by atoms with E-state index in [1.54, 1.807) is 12.3 Å². The summed E-state index contributed by atoms with van der Waals surface area (Å²) in [5.74, 6) is 0.910. The van der Waals surface area contributed by atoms with E-state index in [-0.39, 0.29) is 5.91 Å². The average molecular weight is 380 g/mol. The number of benzene rings is 1. The van der Waals surface area contributed by atoms with Gasteiger partial charge in [-0.3, -0.25) is 9.69 Å². The van der Waals surface area contributed by atoms with Crippen LogP contribution in [0.3, 0.4) is 0 Å². The molecule has 1 fully saturated rings. The Labute approximate surface area is 167 Å². The maximum atomic E-state index is 12.2. The molecule has 1 aliphatic rings. The van der Waals surface area contributed by atoms with Crippen molar-refractivity contribution in [3.05, 3.63) is 59.9 Å². The standard InChI is InChI=1S/C22H29N5O/c1-18(2)17-24-21(28)20-10-11-23-22(25-20)27-15-13-26(14-16-27)12-6-9-19-7-4-3-5-8-19/h3-11,18H,12-17H2,1-2H3,(H,24,28)/b9-6+. The maximum absolute atomic E-state index is 12.2. The number of nitrogens with one attached hydrogen (secondary N) is 1. The zero-order chi connectivity index (χ0) is 19.8. The Morgan fingerprint density at radius 2 is 1.89 bits per heavy atom. The number of anilines is 1. The lowest BCUT2D eigenvalue weighted by molar-refractivity contribution is 0.0944. The average Bonchev–Trinajstić information content (AvgIpc) is 2.73. The van der Waals surface area contributed by atoms with Gasteiger partial charge in [0.05, 0.1) is 0 Å². The van der Waals surface area contributed by atoms with Gasteiger partial charge in [-0.05, 0) is 17.5 Å². The summed E-state index contributed by atoms with van der Waals surface area (Å²) >= 11 is 0. The van der Waals surface area contributed by atoms with Gasteiger partial charge in [-0.15, -0.1) is 0 Å². The first kappa shape index (κ1) is 20.0. The monoisotopic (exact) mass is 379 g/mol. The molecule has 3 rings (SSSR count). The maximum Gasteiger partial charge on any atom is 0.270 e. The van der Waals surface area contributed by atoms with Crippen LogP contribution < -0.4 is 10.2 Å². The molecule has 1 aromatic carbocycles. The van der Waals surface area contributed by atoms with E-state index in [1.807, 2.05) is 6.07 Å². The highest BCUT2D eigenvalue weighted by molar-refractivity contribution is 5.92. The first-order valence-electron chi connectivity index (χ1n) is 9.92. The summed E-state index contributed by atoms with van der Waals surface area (Å²) in [6.45, 7) is 9.33.